The Morgan fingerprint density at radius 2 is 2.04 bits per heavy atom. The number of nitriles is 1. The van der Waals surface area contributed by atoms with Gasteiger partial charge in [0.1, 0.15) is 0 Å². The second-order valence-corrected chi connectivity index (χ2v) is 6.20. The average molecular weight is 335 g/mol. The molecule has 2 atom stereocenters. The van der Waals surface area contributed by atoms with Crippen LogP contribution in [-0.4, -0.2) is 14.2 Å². The highest BCUT2D eigenvalue weighted by molar-refractivity contribution is 5.50. The minimum atomic E-state index is -4.72. The highest BCUT2D eigenvalue weighted by Gasteiger charge is 2.43. The fourth-order valence-electron chi connectivity index (χ4n) is 3.93. The second-order valence-electron chi connectivity index (χ2n) is 6.20. The zero-order valence-corrected chi connectivity index (χ0v) is 12.3. The minimum absolute atomic E-state index is 0.00474. The second kappa shape index (κ2) is 4.66. The van der Waals surface area contributed by atoms with Crippen molar-refractivity contribution in [1.82, 2.24) is 9.13 Å². The van der Waals surface area contributed by atoms with E-state index in [1.807, 2.05) is 0 Å². The number of hydrogen-bond acceptors (Lipinski definition) is 3. The predicted octanol–water partition coefficient (Wildman–Crippen LogP) is 3.06. The third kappa shape index (κ3) is 1.84. The maximum absolute atomic E-state index is 13.1. The Balaban J connectivity index is 1.94. The van der Waals surface area contributed by atoms with Crippen molar-refractivity contribution >= 4 is 0 Å². The van der Waals surface area contributed by atoms with Gasteiger partial charge in [-0.05, 0) is 37.5 Å². The summed E-state index contributed by atoms with van der Waals surface area (Å²) in [4.78, 5) is 12.6. The fraction of sp³-hybridized carbons (Fsp3) is 0.375. The van der Waals surface area contributed by atoms with Gasteiger partial charge in [0, 0.05) is 12.0 Å². The van der Waals surface area contributed by atoms with Crippen LogP contribution in [0.2, 0.25) is 0 Å². The lowest BCUT2D eigenvalue weighted by Gasteiger charge is -2.12. The minimum Gasteiger partial charge on any atom is -0.493 e. The number of nitrogens with zero attached hydrogens (tertiary/aromatic N) is 3. The van der Waals surface area contributed by atoms with Crippen molar-refractivity contribution in [3.05, 3.63) is 45.5 Å². The number of aromatic hydroxyl groups is 1. The SMILES string of the molecule is N#Cc1ccc(-n2c(O)c3n(c2=O)[C@H]2CC[C@@H]3C2)cc1C(F)(F)F. The van der Waals surface area contributed by atoms with Gasteiger partial charge in [-0.15, -0.1) is 0 Å². The van der Waals surface area contributed by atoms with Crippen LogP contribution >= 0.6 is 0 Å². The summed E-state index contributed by atoms with van der Waals surface area (Å²) in [5.41, 5.74) is -1.76. The molecule has 8 heteroatoms. The Hall–Kier alpha value is -2.69. The number of benzene rings is 1. The smallest absolute Gasteiger partial charge is 0.417 e. The lowest BCUT2D eigenvalue weighted by molar-refractivity contribution is -0.137. The van der Waals surface area contributed by atoms with Crippen LogP contribution in [0.15, 0.2) is 23.0 Å². The zero-order valence-electron chi connectivity index (χ0n) is 12.3. The standard InChI is InChI=1S/C16H12F3N3O2/c17-16(18,19)12-6-11(4-2-9(12)7-20)22-14(23)13-8-1-3-10(5-8)21(13)15(22)24/h2,4,6,8,10,23H,1,3,5H2/t8-,10+/m1/s1. The van der Waals surface area contributed by atoms with E-state index in [1.165, 1.54) is 16.7 Å². The van der Waals surface area contributed by atoms with E-state index in [1.54, 1.807) is 0 Å². The topological polar surface area (TPSA) is 71.0 Å². The molecule has 2 heterocycles. The molecule has 0 unspecified atom stereocenters. The summed E-state index contributed by atoms with van der Waals surface area (Å²) in [6.45, 7) is 0. The van der Waals surface area contributed by atoms with E-state index in [4.69, 9.17) is 5.26 Å². The molecule has 0 spiro atoms. The molecule has 1 aromatic heterocycles. The maximum atomic E-state index is 13.1. The molecule has 0 amide bonds. The molecule has 0 saturated heterocycles. The Morgan fingerprint density at radius 1 is 1.29 bits per heavy atom. The third-order valence-corrected chi connectivity index (χ3v) is 4.94. The van der Waals surface area contributed by atoms with Gasteiger partial charge >= 0.3 is 11.9 Å². The molecule has 1 aromatic carbocycles. The molecule has 5 nitrogen and oxygen atoms in total. The van der Waals surface area contributed by atoms with Crippen molar-refractivity contribution in [2.24, 2.45) is 0 Å². The van der Waals surface area contributed by atoms with Gasteiger partial charge in [-0.1, -0.05) is 0 Å². The third-order valence-electron chi connectivity index (χ3n) is 4.94. The molecule has 2 aromatic rings. The lowest BCUT2D eigenvalue weighted by atomic mass is 10.1. The van der Waals surface area contributed by atoms with Gasteiger partial charge in [0.05, 0.1) is 28.6 Å². The molecule has 1 aliphatic carbocycles. The molecule has 124 valence electrons. The first-order valence-corrected chi connectivity index (χ1v) is 7.50. The van der Waals surface area contributed by atoms with Crippen molar-refractivity contribution in [3.63, 3.8) is 0 Å². The summed E-state index contributed by atoms with van der Waals surface area (Å²) >= 11 is 0. The molecule has 2 aliphatic rings. The Kier molecular flexibility index (Phi) is 2.89. The van der Waals surface area contributed by atoms with Gasteiger partial charge in [0.2, 0.25) is 5.88 Å². The lowest BCUT2D eigenvalue weighted by Crippen LogP contribution is -2.25. The van der Waals surface area contributed by atoms with Crippen molar-refractivity contribution < 1.29 is 18.3 Å². The van der Waals surface area contributed by atoms with Crippen LogP contribution in [0.3, 0.4) is 0 Å². The molecule has 1 saturated carbocycles. The van der Waals surface area contributed by atoms with E-state index in [0.717, 1.165) is 36.0 Å². The molecular formula is C16H12F3N3O2. The predicted molar refractivity (Wildman–Crippen MR) is 77.0 cm³/mol. The largest absolute Gasteiger partial charge is 0.493 e. The van der Waals surface area contributed by atoms with Crippen molar-refractivity contribution in [2.45, 2.75) is 37.4 Å². The van der Waals surface area contributed by atoms with Crippen molar-refractivity contribution in [2.75, 3.05) is 0 Å². The highest BCUT2D eigenvalue weighted by atomic mass is 19.4. The van der Waals surface area contributed by atoms with Crippen LogP contribution in [0.25, 0.3) is 5.69 Å². The number of rotatable bonds is 1. The molecule has 1 N–H and O–H groups in total. The molecule has 0 radical (unpaired) electrons. The van der Waals surface area contributed by atoms with E-state index < -0.39 is 23.0 Å². The Labute approximate surface area is 134 Å². The van der Waals surface area contributed by atoms with Gasteiger partial charge in [-0.3, -0.25) is 4.57 Å². The van der Waals surface area contributed by atoms with Crippen LogP contribution < -0.4 is 5.69 Å². The van der Waals surface area contributed by atoms with E-state index in [-0.39, 0.29) is 23.5 Å². The number of hydrogen-bond donors (Lipinski definition) is 1. The molecule has 1 fully saturated rings. The number of aromatic nitrogens is 2. The van der Waals surface area contributed by atoms with Gasteiger partial charge < -0.3 is 5.11 Å². The van der Waals surface area contributed by atoms with E-state index >= 15 is 0 Å². The van der Waals surface area contributed by atoms with Crippen LogP contribution in [-0.2, 0) is 6.18 Å². The molecule has 1 aliphatic heterocycles. The summed E-state index contributed by atoms with van der Waals surface area (Å²) in [7, 11) is 0. The Bertz CT molecular complexity index is 949. The van der Waals surface area contributed by atoms with Crippen LogP contribution in [0.5, 0.6) is 5.88 Å². The maximum Gasteiger partial charge on any atom is 0.417 e. The monoisotopic (exact) mass is 335 g/mol. The average Bonchev–Trinajstić information content (AvgIpc) is 3.20. The van der Waals surface area contributed by atoms with Gasteiger partial charge in [0.15, 0.2) is 0 Å². The van der Waals surface area contributed by atoms with E-state index in [9.17, 15) is 23.1 Å². The number of alkyl halides is 3. The first kappa shape index (κ1) is 14.9. The first-order chi connectivity index (χ1) is 11.3. The number of halogens is 3. The number of fused-ring (bicyclic) bond motifs is 5. The van der Waals surface area contributed by atoms with E-state index in [0.29, 0.717) is 5.69 Å². The van der Waals surface area contributed by atoms with Crippen LogP contribution in [0.4, 0.5) is 13.2 Å². The molecule has 24 heavy (non-hydrogen) atoms. The van der Waals surface area contributed by atoms with Gasteiger partial charge in [-0.25, -0.2) is 9.36 Å². The first-order valence-electron chi connectivity index (χ1n) is 7.50. The fourth-order valence-corrected chi connectivity index (χ4v) is 3.93. The number of imidazole rings is 1. The highest BCUT2D eigenvalue weighted by Crippen LogP contribution is 2.51. The summed E-state index contributed by atoms with van der Waals surface area (Å²) in [6.07, 6.45) is -2.23. The molecule has 2 bridgehead atoms. The zero-order chi connectivity index (χ0) is 17.2. The van der Waals surface area contributed by atoms with Crippen LogP contribution in [0.1, 0.15) is 48.0 Å². The Morgan fingerprint density at radius 3 is 2.67 bits per heavy atom. The molecular weight excluding hydrogens is 323 g/mol. The normalized spacial score (nSPS) is 21.8. The summed E-state index contributed by atoms with van der Waals surface area (Å²) < 4.78 is 41.8. The van der Waals surface area contributed by atoms with Crippen molar-refractivity contribution in [3.8, 4) is 17.6 Å². The van der Waals surface area contributed by atoms with Gasteiger partial charge in [0.25, 0.3) is 0 Å². The van der Waals surface area contributed by atoms with E-state index in [2.05, 4.69) is 0 Å². The van der Waals surface area contributed by atoms with Gasteiger partial charge in [-0.2, -0.15) is 18.4 Å². The quantitative estimate of drug-likeness (QED) is 0.871. The van der Waals surface area contributed by atoms with Crippen LogP contribution in [0, 0.1) is 11.3 Å². The summed E-state index contributed by atoms with van der Waals surface area (Å²) in [5.74, 6) is -0.227. The summed E-state index contributed by atoms with van der Waals surface area (Å²) in [6, 6.07) is 4.49. The summed E-state index contributed by atoms with van der Waals surface area (Å²) in [5, 5.41) is 19.3. The molecule has 4 rings (SSSR count). The van der Waals surface area contributed by atoms with Crippen molar-refractivity contribution in [1.29, 1.82) is 5.26 Å².